The minimum atomic E-state index is -0.666. The lowest BCUT2D eigenvalue weighted by Crippen LogP contribution is -2.59. The number of nitrogens with zero attached hydrogens (tertiary/aromatic N) is 3. The molecule has 348 valence electrons. The van der Waals surface area contributed by atoms with Gasteiger partial charge in [-0.1, -0.05) is 50.3 Å². The number of methoxy groups -OCH3 is 3. The molecule has 2 aromatic rings. The number of esters is 1. The van der Waals surface area contributed by atoms with Crippen LogP contribution < -0.4 is 0 Å². The zero-order valence-electron chi connectivity index (χ0n) is 39.3. The van der Waals surface area contributed by atoms with Crippen molar-refractivity contribution in [1.29, 1.82) is 0 Å². The molecule has 6 aliphatic rings. The number of ether oxygens (including phenoxy) is 8. The van der Waals surface area contributed by atoms with E-state index in [1.54, 1.807) is 21.3 Å². The summed E-state index contributed by atoms with van der Waals surface area (Å²) in [6, 6.07) is 10.7. The summed E-state index contributed by atoms with van der Waals surface area (Å²) < 4.78 is 53.2. The predicted octanol–water partition coefficient (Wildman–Crippen LogP) is 7.45. The van der Waals surface area contributed by atoms with Crippen molar-refractivity contribution in [1.82, 2.24) is 14.5 Å². The number of imidazole rings is 1. The Labute approximate surface area is 374 Å². The van der Waals surface area contributed by atoms with Crippen LogP contribution in [0.25, 0.3) is 11.4 Å². The minimum Gasteiger partial charge on any atom is -0.462 e. The molecule has 63 heavy (non-hydrogen) atoms. The molecule has 0 bridgehead atoms. The highest BCUT2D eigenvalue weighted by molar-refractivity contribution is 5.99. The fraction of sp³-hybridized carbons (Fsp3) is 0.740. The van der Waals surface area contributed by atoms with E-state index in [0.29, 0.717) is 24.5 Å². The lowest BCUT2D eigenvalue weighted by atomic mass is 9.66. The van der Waals surface area contributed by atoms with Crippen molar-refractivity contribution in [3.63, 3.8) is 0 Å². The van der Waals surface area contributed by atoms with Gasteiger partial charge in [-0.3, -0.25) is 9.59 Å². The van der Waals surface area contributed by atoms with Gasteiger partial charge in [-0.05, 0) is 104 Å². The van der Waals surface area contributed by atoms with E-state index in [4.69, 9.17) is 42.9 Å². The second-order valence-corrected chi connectivity index (χ2v) is 19.3. The highest BCUT2D eigenvalue weighted by Crippen LogP contribution is 2.62. The molecule has 4 fully saturated rings. The van der Waals surface area contributed by atoms with Crippen LogP contribution in [0.5, 0.6) is 0 Å². The van der Waals surface area contributed by atoms with Gasteiger partial charge in [0.1, 0.15) is 30.2 Å². The van der Waals surface area contributed by atoms with E-state index in [2.05, 4.69) is 62.5 Å². The van der Waals surface area contributed by atoms with E-state index < -0.39 is 24.2 Å². The first-order chi connectivity index (χ1) is 30.4. The summed E-state index contributed by atoms with van der Waals surface area (Å²) in [6.45, 7) is 11.1. The number of hydrogen-bond donors (Lipinski definition) is 0. The first-order valence-corrected chi connectivity index (χ1v) is 23.9. The molecule has 3 aliphatic carbocycles. The monoisotopic (exact) mass is 876 g/mol. The molecule has 3 saturated heterocycles. The summed E-state index contributed by atoms with van der Waals surface area (Å²) in [5.74, 6) is -0.167. The zero-order chi connectivity index (χ0) is 44.7. The molecule has 4 unspecified atom stereocenters. The van der Waals surface area contributed by atoms with Crippen LogP contribution in [-0.2, 0) is 54.0 Å². The highest BCUT2D eigenvalue weighted by Gasteiger charge is 2.57. The van der Waals surface area contributed by atoms with Gasteiger partial charge < -0.3 is 47.4 Å². The Morgan fingerprint density at radius 1 is 0.841 bits per heavy atom. The molecule has 8 rings (SSSR count). The van der Waals surface area contributed by atoms with Crippen molar-refractivity contribution < 1.29 is 47.5 Å². The van der Waals surface area contributed by atoms with Gasteiger partial charge in [-0.15, -0.1) is 0 Å². The van der Waals surface area contributed by atoms with Crippen molar-refractivity contribution >= 4 is 11.8 Å². The number of carbonyl (C=O) groups is 2. The summed E-state index contributed by atoms with van der Waals surface area (Å²) in [5, 5.41) is 0. The Hall–Kier alpha value is -3.01. The van der Waals surface area contributed by atoms with Gasteiger partial charge in [-0.2, -0.15) is 0 Å². The second kappa shape index (κ2) is 19.8. The maximum absolute atomic E-state index is 15.3. The fourth-order valence-electron chi connectivity index (χ4n) is 12.5. The van der Waals surface area contributed by atoms with Gasteiger partial charge in [0.25, 0.3) is 0 Å². The summed E-state index contributed by atoms with van der Waals surface area (Å²) in [6.07, 6.45) is 5.22. The molecule has 0 spiro atoms. The number of benzene rings is 1. The SMILES string of the molecule is CC[C@H]1CCC[C@H](O[C@H]2CC[C@H](N(C)C)C(C)O2)[C@@H](C)C(=O)C2=C[C@H]3[C@@H]4C[C@H](O[C@@H]5OC(C)[C@H](OC)C(OC)C5OC)C[C@H]4c4c(nc(-c5ccccc5)n4CC)[C@H]3[C@@H]2CC(=O)O1. The van der Waals surface area contributed by atoms with Crippen LogP contribution in [0.2, 0.25) is 0 Å². The molecule has 17 atom stereocenters. The van der Waals surface area contributed by atoms with E-state index in [9.17, 15) is 4.79 Å². The zero-order valence-corrected chi connectivity index (χ0v) is 39.3. The molecule has 1 aromatic heterocycles. The van der Waals surface area contributed by atoms with E-state index in [1.165, 1.54) is 5.69 Å². The fourth-order valence-corrected chi connectivity index (χ4v) is 12.5. The van der Waals surface area contributed by atoms with Crippen molar-refractivity contribution in [2.24, 2.45) is 23.7 Å². The molecule has 13 heteroatoms. The number of cyclic esters (lactones) is 1. The Morgan fingerprint density at radius 3 is 2.25 bits per heavy atom. The van der Waals surface area contributed by atoms with Crippen molar-refractivity contribution in [2.75, 3.05) is 35.4 Å². The van der Waals surface area contributed by atoms with Crippen molar-refractivity contribution in [2.45, 2.75) is 178 Å². The molecular weight excluding hydrogens is 803 g/mol. The minimum absolute atomic E-state index is 0.00661. The molecule has 0 N–H and O–H groups in total. The number of ketones is 1. The van der Waals surface area contributed by atoms with Gasteiger partial charge in [0.2, 0.25) is 0 Å². The molecule has 1 saturated carbocycles. The van der Waals surface area contributed by atoms with E-state index >= 15 is 4.79 Å². The van der Waals surface area contributed by atoms with Gasteiger partial charge in [0.15, 0.2) is 18.4 Å². The highest BCUT2D eigenvalue weighted by atomic mass is 16.7. The molecule has 0 radical (unpaired) electrons. The molecule has 0 amide bonds. The van der Waals surface area contributed by atoms with Gasteiger partial charge in [0, 0.05) is 68.8 Å². The summed E-state index contributed by atoms with van der Waals surface area (Å²) in [4.78, 5) is 37.2. The van der Waals surface area contributed by atoms with Gasteiger partial charge in [0.05, 0.1) is 36.5 Å². The standard InChI is InChI=1S/C50H73N3O10/c1-11-31-19-16-20-39(63-41-22-21-38(52(6)7)28(4)59-41)27(3)45(55)37-25-34-33-23-32(62-50-48(58-10)47(57-9)46(56-8)29(5)60-50)24-36(33)44-43(42(34)35(37)26-40(54)61-31)51-49(53(44)12-2)30-17-14-13-15-18-30/h13-15,17-18,25,27-29,31-36,38-39,41-42,46-48,50H,11-12,16,19-24,26H2,1-10H3/t27-,28?,29?,31+,32+,33+,34+,35-,36-,38+,39+,41+,42-,46+,47?,48?,50+/m1/s1. The van der Waals surface area contributed by atoms with Crippen LogP contribution >= 0.6 is 0 Å². The lowest BCUT2D eigenvalue weighted by molar-refractivity contribution is -0.314. The number of aromatic nitrogens is 2. The quantitative estimate of drug-likeness (QED) is 0.208. The largest absolute Gasteiger partial charge is 0.462 e. The van der Waals surface area contributed by atoms with Gasteiger partial charge >= 0.3 is 5.97 Å². The summed E-state index contributed by atoms with van der Waals surface area (Å²) in [5.41, 5.74) is 3.92. The molecule has 3 aliphatic heterocycles. The topological polar surface area (TPSA) is 129 Å². The molecule has 1 aromatic carbocycles. The first-order valence-electron chi connectivity index (χ1n) is 23.9. The van der Waals surface area contributed by atoms with E-state index in [0.717, 1.165) is 62.2 Å². The maximum Gasteiger partial charge on any atom is 0.306 e. The third-order valence-electron chi connectivity index (χ3n) is 15.6. The smallest absolute Gasteiger partial charge is 0.306 e. The first kappa shape index (κ1) is 46.5. The third kappa shape index (κ3) is 8.99. The Morgan fingerprint density at radius 2 is 1.59 bits per heavy atom. The molecule has 4 heterocycles. The third-order valence-corrected chi connectivity index (χ3v) is 15.6. The number of hydrogen-bond acceptors (Lipinski definition) is 12. The summed E-state index contributed by atoms with van der Waals surface area (Å²) in [7, 11) is 9.18. The van der Waals surface area contributed by atoms with Crippen LogP contribution in [0.15, 0.2) is 42.0 Å². The Balaban J connectivity index is 1.17. The number of allylic oxidation sites excluding steroid dienone is 2. The maximum atomic E-state index is 15.3. The number of fused-ring (bicyclic) bond motifs is 8. The van der Waals surface area contributed by atoms with Gasteiger partial charge in [-0.25, -0.2) is 4.98 Å². The second-order valence-electron chi connectivity index (χ2n) is 19.3. The average Bonchev–Trinajstić information content (AvgIpc) is 3.98. The Bertz CT molecular complexity index is 1920. The molecular formula is C50H73N3O10. The predicted molar refractivity (Wildman–Crippen MR) is 237 cm³/mol. The number of rotatable bonds is 11. The summed E-state index contributed by atoms with van der Waals surface area (Å²) >= 11 is 0. The Kier molecular flexibility index (Phi) is 14.7. The number of likely N-dealkylation sites (N-methyl/N-ethyl adjacent to an activating group) is 1. The normalized spacial score (nSPS) is 39.7. The number of Topliss-reactive ketones (excluding diaryl/α,β-unsaturated/α-hetero) is 1. The van der Waals surface area contributed by atoms with Crippen molar-refractivity contribution in [3.05, 3.63) is 53.4 Å². The lowest BCUT2D eigenvalue weighted by Gasteiger charge is -2.44. The van der Waals surface area contributed by atoms with Crippen molar-refractivity contribution in [3.8, 4) is 11.4 Å². The molecule has 13 nitrogen and oxygen atoms in total. The van der Waals surface area contributed by atoms with Crippen LogP contribution in [0.4, 0.5) is 0 Å². The number of carbonyl (C=O) groups excluding carboxylic acids is 2. The van der Waals surface area contributed by atoms with Crippen LogP contribution in [-0.4, -0.2) is 129 Å². The van der Waals surface area contributed by atoms with E-state index in [-0.39, 0.29) is 90.9 Å². The van der Waals surface area contributed by atoms with Crippen LogP contribution in [0, 0.1) is 23.7 Å². The van der Waals surface area contributed by atoms with E-state index in [1.807, 2.05) is 32.0 Å². The average molecular weight is 876 g/mol. The van der Waals surface area contributed by atoms with Crippen LogP contribution in [0.1, 0.15) is 116 Å². The van der Waals surface area contributed by atoms with Crippen LogP contribution in [0.3, 0.4) is 0 Å².